The molecule has 2 aromatic heterocycles. The van der Waals surface area contributed by atoms with E-state index in [1.807, 2.05) is 0 Å². The molecule has 3 rings (SSSR count). The van der Waals surface area contributed by atoms with Gasteiger partial charge in [-0.3, -0.25) is 4.57 Å². The molecular formula is C11H8N4O4. The molecule has 96 valence electrons. The van der Waals surface area contributed by atoms with Crippen LogP contribution in [0.2, 0.25) is 0 Å². The molecule has 0 fully saturated rings. The van der Waals surface area contributed by atoms with Gasteiger partial charge in [0.15, 0.2) is 5.82 Å². The summed E-state index contributed by atoms with van der Waals surface area (Å²) in [6.07, 6.45) is 1.16. The van der Waals surface area contributed by atoms with Gasteiger partial charge in [0, 0.05) is 0 Å². The van der Waals surface area contributed by atoms with Gasteiger partial charge in [0.25, 0.3) is 0 Å². The van der Waals surface area contributed by atoms with E-state index >= 15 is 0 Å². The van der Waals surface area contributed by atoms with E-state index in [1.54, 1.807) is 6.07 Å². The SMILES string of the molecule is O=C(O)c1ccc2[nH]c(=O)n(Cc3ncon3)c2c1. The van der Waals surface area contributed by atoms with Crippen molar-refractivity contribution >= 4 is 17.0 Å². The molecule has 0 aliphatic carbocycles. The van der Waals surface area contributed by atoms with Crippen molar-refractivity contribution in [2.24, 2.45) is 0 Å². The van der Waals surface area contributed by atoms with Crippen molar-refractivity contribution in [1.82, 2.24) is 19.7 Å². The van der Waals surface area contributed by atoms with Crippen LogP contribution in [-0.4, -0.2) is 30.8 Å². The first-order valence-corrected chi connectivity index (χ1v) is 5.36. The Hall–Kier alpha value is -2.90. The second-order valence-electron chi connectivity index (χ2n) is 3.90. The Labute approximate surface area is 105 Å². The monoisotopic (exact) mass is 260 g/mol. The molecule has 0 atom stereocenters. The molecule has 0 spiro atoms. The van der Waals surface area contributed by atoms with Gasteiger partial charge >= 0.3 is 11.7 Å². The van der Waals surface area contributed by atoms with Gasteiger partial charge in [0.05, 0.1) is 23.1 Å². The summed E-state index contributed by atoms with van der Waals surface area (Å²) in [6.45, 7) is 0.110. The van der Waals surface area contributed by atoms with Crippen molar-refractivity contribution in [3.8, 4) is 0 Å². The number of nitrogens with one attached hydrogen (secondary N) is 1. The number of aromatic nitrogens is 4. The van der Waals surface area contributed by atoms with E-state index in [0.717, 1.165) is 6.39 Å². The summed E-state index contributed by atoms with van der Waals surface area (Å²) in [5.74, 6) is -0.717. The van der Waals surface area contributed by atoms with Gasteiger partial charge in [-0.2, -0.15) is 4.98 Å². The fourth-order valence-corrected chi connectivity index (χ4v) is 1.85. The maximum absolute atomic E-state index is 11.8. The Morgan fingerprint density at radius 1 is 1.47 bits per heavy atom. The van der Waals surface area contributed by atoms with Crippen LogP contribution in [0.25, 0.3) is 11.0 Å². The third-order valence-corrected chi connectivity index (χ3v) is 2.73. The number of carboxylic acids is 1. The summed E-state index contributed by atoms with van der Waals surface area (Å²) in [7, 11) is 0. The minimum absolute atomic E-state index is 0.105. The molecule has 2 heterocycles. The van der Waals surface area contributed by atoms with Gasteiger partial charge in [0.2, 0.25) is 6.39 Å². The van der Waals surface area contributed by atoms with E-state index in [9.17, 15) is 9.59 Å². The number of imidazole rings is 1. The number of hydrogen-bond donors (Lipinski definition) is 2. The van der Waals surface area contributed by atoms with Crippen LogP contribution in [0.3, 0.4) is 0 Å². The summed E-state index contributed by atoms with van der Waals surface area (Å²) in [4.78, 5) is 29.2. The van der Waals surface area contributed by atoms with E-state index in [4.69, 9.17) is 5.11 Å². The normalized spacial score (nSPS) is 10.9. The Morgan fingerprint density at radius 3 is 3.00 bits per heavy atom. The number of carboxylic acid groups (broad SMARTS) is 1. The molecule has 0 aliphatic rings. The van der Waals surface area contributed by atoms with E-state index in [1.165, 1.54) is 16.7 Å². The number of carbonyl (C=O) groups is 1. The maximum Gasteiger partial charge on any atom is 0.335 e. The highest BCUT2D eigenvalue weighted by atomic mass is 16.5. The molecular weight excluding hydrogens is 252 g/mol. The highest BCUT2D eigenvalue weighted by Gasteiger charge is 2.12. The van der Waals surface area contributed by atoms with Crippen LogP contribution in [0.5, 0.6) is 0 Å². The Kier molecular flexibility index (Phi) is 2.41. The fraction of sp³-hybridized carbons (Fsp3) is 0.0909. The first-order chi connectivity index (χ1) is 9.15. The van der Waals surface area contributed by atoms with Crippen molar-refractivity contribution in [2.75, 3.05) is 0 Å². The van der Waals surface area contributed by atoms with Crippen molar-refractivity contribution in [2.45, 2.75) is 6.54 Å². The van der Waals surface area contributed by atoms with Crippen LogP contribution in [-0.2, 0) is 6.54 Å². The first kappa shape index (κ1) is 11.2. The highest BCUT2D eigenvalue weighted by Crippen LogP contribution is 2.13. The molecule has 3 aromatic rings. The van der Waals surface area contributed by atoms with Crippen LogP contribution >= 0.6 is 0 Å². The topological polar surface area (TPSA) is 114 Å². The van der Waals surface area contributed by atoms with Crippen molar-refractivity contribution in [1.29, 1.82) is 0 Å². The predicted molar refractivity (Wildman–Crippen MR) is 62.9 cm³/mol. The standard InChI is InChI=1S/C11H8N4O4/c16-10(17)6-1-2-7-8(3-6)15(11(18)13-7)4-9-12-5-19-14-9/h1-3,5H,4H2,(H,13,18)(H,16,17). The van der Waals surface area contributed by atoms with Crippen LogP contribution in [0.4, 0.5) is 0 Å². The first-order valence-electron chi connectivity index (χ1n) is 5.36. The quantitative estimate of drug-likeness (QED) is 0.707. The second kappa shape index (κ2) is 4.09. The number of aromatic carboxylic acids is 1. The fourth-order valence-electron chi connectivity index (χ4n) is 1.85. The van der Waals surface area contributed by atoms with E-state index < -0.39 is 5.97 Å². The van der Waals surface area contributed by atoms with Gasteiger partial charge in [-0.05, 0) is 18.2 Å². The Morgan fingerprint density at radius 2 is 2.32 bits per heavy atom. The van der Waals surface area contributed by atoms with Crippen molar-refractivity contribution in [3.63, 3.8) is 0 Å². The molecule has 8 nitrogen and oxygen atoms in total. The zero-order valence-corrected chi connectivity index (χ0v) is 9.53. The number of nitrogens with zero attached hydrogens (tertiary/aromatic N) is 3. The number of fused-ring (bicyclic) bond motifs is 1. The minimum atomic E-state index is -1.05. The lowest BCUT2D eigenvalue weighted by molar-refractivity contribution is 0.0697. The average molecular weight is 260 g/mol. The van der Waals surface area contributed by atoms with Gasteiger partial charge < -0.3 is 14.6 Å². The largest absolute Gasteiger partial charge is 0.478 e. The molecule has 2 N–H and O–H groups in total. The zero-order valence-electron chi connectivity index (χ0n) is 9.53. The molecule has 0 saturated heterocycles. The number of rotatable bonds is 3. The average Bonchev–Trinajstić information content (AvgIpc) is 2.98. The van der Waals surface area contributed by atoms with Crippen LogP contribution in [0, 0.1) is 0 Å². The summed E-state index contributed by atoms with van der Waals surface area (Å²) >= 11 is 0. The molecule has 0 bridgehead atoms. The minimum Gasteiger partial charge on any atom is -0.478 e. The smallest absolute Gasteiger partial charge is 0.335 e. The van der Waals surface area contributed by atoms with Crippen molar-refractivity contribution in [3.05, 3.63) is 46.5 Å². The molecule has 8 heteroatoms. The van der Waals surface area contributed by atoms with Crippen LogP contribution in [0.1, 0.15) is 16.2 Å². The lowest BCUT2D eigenvalue weighted by atomic mass is 10.2. The summed E-state index contributed by atoms with van der Waals surface area (Å²) in [5.41, 5.74) is 0.781. The molecule has 1 aromatic carbocycles. The summed E-state index contributed by atoms with van der Waals surface area (Å²) < 4.78 is 5.95. The molecule has 19 heavy (non-hydrogen) atoms. The third kappa shape index (κ3) is 1.88. The van der Waals surface area contributed by atoms with Crippen LogP contribution < -0.4 is 5.69 Å². The molecule has 0 radical (unpaired) electrons. The third-order valence-electron chi connectivity index (χ3n) is 2.73. The van der Waals surface area contributed by atoms with Gasteiger partial charge in [0.1, 0.15) is 0 Å². The number of H-pyrrole nitrogens is 1. The lowest BCUT2D eigenvalue weighted by Gasteiger charge is -2.00. The Balaban J connectivity index is 2.16. The van der Waals surface area contributed by atoms with E-state index in [2.05, 4.69) is 19.6 Å². The van der Waals surface area contributed by atoms with E-state index in [-0.39, 0.29) is 17.8 Å². The highest BCUT2D eigenvalue weighted by molar-refractivity contribution is 5.92. The number of benzene rings is 1. The number of aromatic amines is 1. The molecule has 0 amide bonds. The number of hydrogen-bond acceptors (Lipinski definition) is 5. The van der Waals surface area contributed by atoms with E-state index in [0.29, 0.717) is 16.9 Å². The second-order valence-corrected chi connectivity index (χ2v) is 3.90. The van der Waals surface area contributed by atoms with Crippen molar-refractivity contribution < 1.29 is 14.4 Å². The van der Waals surface area contributed by atoms with Gasteiger partial charge in [-0.1, -0.05) is 5.16 Å². The van der Waals surface area contributed by atoms with Crippen LogP contribution in [0.15, 0.2) is 33.9 Å². The molecule has 0 unspecified atom stereocenters. The van der Waals surface area contributed by atoms with Gasteiger partial charge in [-0.15, -0.1) is 0 Å². The Bertz CT molecular complexity index is 800. The molecule has 0 saturated carbocycles. The summed E-state index contributed by atoms with van der Waals surface area (Å²) in [6, 6.07) is 4.40. The summed E-state index contributed by atoms with van der Waals surface area (Å²) in [5, 5.41) is 12.6. The maximum atomic E-state index is 11.8. The predicted octanol–water partition coefficient (Wildman–Crippen LogP) is 0.459. The lowest BCUT2D eigenvalue weighted by Crippen LogP contribution is -2.18. The molecule has 0 aliphatic heterocycles. The zero-order chi connectivity index (χ0) is 13.4. The van der Waals surface area contributed by atoms with Gasteiger partial charge in [-0.25, -0.2) is 9.59 Å².